The number of nitrogens with one attached hydrogen (secondary N) is 1. The highest BCUT2D eigenvalue weighted by Gasteiger charge is 2.29. The van der Waals surface area contributed by atoms with Gasteiger partial charge in [-0.1, -0.05) is 0 Å². The van der Waals surface area contributed by atoms with Crippen LogP contribution < -0.4 is 0 Å². The number of alkyl halides is 1. The molecule has 90 valence electrons. The summed E-state index contributed by atoms with van der Waals surface area (Å²) in [5.74, 6) is 1.05. The minimum absolute atomic E-state index is 0.164. The van der Waals surface area contributed by atoms with E-state index in [1.54, 1.807) is 0 Å². The van der Waals surface area contributed by atoms with Gasteiger partial charge in [0.15, 0.2) is 5.03 Å². The van der Waals surface area contributed by atoms with Crippen LogP contribution in [0.5, 0.6) is 0 Å². The fourth-order valence-electron chi connectivity index (χ4n) is 1.83. The van der Waals surface area contributed by atoms with Crippen LogP contribution in [0.4, 0.5) is 0 Å². The van der Waals surface area contributed by atoms with Crippen molar-refractivity contribution in [1.29, 1.82) is 0 Å². The maximum absolute atomic E-state index is 12.1. The quantitative estimate of drug-likeness (QED) is 0.829. The van der Waals surface area contributed by atoms with Crippen LogP contribution in [0.3, 0.4) is 0 Å². The molecule has 0 bridgehead atoms. The van der Waals surface area contributed by atoms with Crippen molar-refractivity contribution < 1.29 is 8.42 Å². The molecule has 7 heteroatoms. The van der Waals surface area contributed by atoms with Crippen molar-refractivity contribution in [3.05, 3.63) is 12.5 Å². The Kier molecular flexibility index (Phi) is 3.51. The van der Waals surface area contributed by atoms with Crippen molar-refractivity contribution in [3.8, 4) is 0 Å². The number of rotatable bonds is 3. The lowest BCUT2D eigenvalue weighted by molar-refractivity contribution is 0.289. The van der Waals surface area contributed by atoms with E-state index in [0.717, 1.165) is 12.8 Å². The van der Waals surface area contributed by atoms with Crippen LogP contribution in [-0.4, -0.2) is 41.7 Å². The maximum Gasteiger partial charge on any atom is 0.260 e. The Morgan fingerprint density at radius 1 is 1.50 bits per heavy atom. The van der Waals surface area contributed by atoms with Gasteiger partial charge in [0.1, 0.15) is 0 Å². The molecule has 1 aromatic heterocycles. The fourth-order valence-corrected chi connectivity index (χ4v) is 3.50. The normalized spacial score (nSPS) is 20.1. The maximum atomic E-state index is 12.1. The van der Waals surface area contributed by atoms with Gasteiger partial charge in [0.2, 0.25) is 0 Å². The average Bonchev–Trinajstić information content (AvgIpc) is 2.83. The monoisotopic (exact) mass is 263 g/mol. The molecule has 0 atom stereocenters. The minimum atomic E-state index is -3.38. The molecule has 0 aromatic carbocycles. The van der Waals surface area contributed by atoms with Crippen LogP contribution in [0.2, 0.25) is 0 Å². The lowest BCUT2D eigenvalue weighted by Gasteiger charge is -2.29. The van der Waals surface area contributed by atoms with Gasteiger partial charge in [-0.05, 0) is 18.8 Å². The first-order valence-electron chi connectivity index (χ1n) is 5.19. The van der Waals surface area contributed by atoms with Gasteiger partial charge in [-0.25, -0.2) is 13.4 Å². The Hall–Kier alpha value is -0.590. The molecule has 1 aromatic rings. The topological polar surface area (TPSA) is 66.1 Å². The first-order valence-corrected chi connectivity index (χ1v) is 7.16. The second-order valence-electron chi connectivity index (χ2n) is 3.92. The van der Waals surface area contributed by atoms with Gasteiger partial charge in [0.25, 0.3) is 10.0 Å². The van der Waals surface area contributed by atoms with E-state index in [-0.39, 0.29) is 5.03 Å². The molecule has 5 nitrogen and oxygen atoms in total. The van der Waals surface area contributed by atoms with Crippen LogP contribution in [0, 0.1) is 5.92 Å². The van der Waals surface area contributed by atoms with E-state index in [1.165, 1.54) is 16.8 Å². The van der Waals surface area contributed by atoms with Crippen molar-refractivity contribution in [3.63, 3.8) is 0 Å². The predicted octanol–water partition coefficient (Wildman–Crippen LogP) is 1.05. The van der Waals surface area contributed by atoms with Crippen molar-refractivity contribution in [1.82, 2.24) is 14.3 Å². The highest BCUT2D eigenvalue weighted by molar-refractivity contribution is 7.89. The lowest BCUT2D eigenvalue weighted by atomic mass is 10.0. The molecular formula is C9H14ClN3O2S. The predicted molar refractivity (Wildman–Crippen MR) is 60.8 cm³/mol. The van der Waals surface area contributed by atoms with Gasteiger partial charge >= 0.3 is 0 Å². The van der Waals surface area contributed by atoms with Gasteiger partial charge in [0.05, 0.1) is 12.5 Å². The molecule has 0 unspecified atom stereocenters. The largest absolute Gasteiger partial charge is 0.335 e. The van der Waals surface area contributed by atoms with Crippen molar-refractivity contribution in [2.75, 3.05) is 19.0 Å². The summed E-state index contributed by atoms with van der Waals surface area (Å²) in [6.45, 7) is 1.08. The SMILES string of the molecule is O=S(=O)(c1cnc[nH]1)N1CCC(CCl)CC1. The molecule has 1 fully saturated rings. The molecule has 1 N–H and O–H groups in total. The van der Waals surface area contributed by atoms with E-state index in [0.29, 0.717) is 24.9 Å². The number of hydrogen-bond donors (Lipinski definition) is 1. The minimum Gasteiger partial charge on any atom is -0.335 e. The Balaban J connectivity index is 2.09. The summed E-state index contributed by atoms with van der Waals surface area (Å²) in [7, 11) is -3.38. The molecule has 0 aliphatic carbocycles. The van der Waals surface area contributed by atoms with E-state index < -0.39 is 10.0 Å². The summed E-state index contributed by atoms with van der Waals surface area (Å²) in [4.78, 5) is 6.37. The van der Waals surface area contributed by atoms with E-state index >= 15 is 0 Å². The molecule has 0 amide bonds. The molecule has 1 aliphatic heterocycles. The van der Waals surface area contributed by atoms with Crippen molar-refractivity contribution in [2.45, 2.75) is 17.9 Å². The Morgan fingerprint density at radius 2 is 2.19 bits per heavy atom. The first kappa shape index (κ1) is 11.9. The fraction of sp³-hybridized carbons (Fsp3) is 0.667. The van der Waals surface area contributed by atoms with Gasteiger partial charge in [0, 0.05) is 19.0 Å². The van der Waals surface area contributed by atoms with E-state index in [2.05, 4.69) is 9.97 Å². The number of imidazole rings is 1. The smallest absolute Gasteiger partial charge is 0.260 e. The van der Waals surface area contributed by atoms with Crippen LogP contribution >= 0.6 is 11.6 Å². The summed E-state index contributed by atoms with van der Waals surface area (Å²) in [5, 5.41) is 0.164. The molecular weight excluding hydrogens is 250 g/mol. The Morgan fingerprint density at radius 3 is 2.69 bits per heavy atom. The second kappa shape index (κ2) is 4.73. The summed E-state index contributed by atoms with van der Waals surface area (Å²) in [6.07, 6.45) is 4.37. The number of aromatic nitrogens is 2. The molecule has 0 radical (unpaired) electrons. The number of nitrogens with zero attached hydrogens (tertiary/aromatic N) is 2. The van der Waals surface area contributed by atoms with Crippen LogP contribution in [0.25, 0.3) is 0 Å². The van der Waals surface area contributed by atoms with Crippen molar-refractivity contribution >= 4 is 21.6 Å². The van der Waals surface area contributed by atoms with E-state index in [9.17, 15) is 8.42 Å². The number of halogens is 1. The summed E-state index contributed by atoms with van der Waals surface area (Å²) in [6, 6.07) is 0. The number of hydrogen-bond acceptors (Lipinski definition) is 3. The molecule has 16 heavy (non-hydrogen) atoms. The molecule has 1 aliphatic rings. The van der Waals surface area contributed by atoms with Gasteiger partial charge in [-0.3, -0.25) is 0 Å². The number of aromatic amines is 1. The molecule has 0 spiro atoms. The molecule has 2 rings (SSSR count). The first-order chi connectivity index (χ1) is 7.64. The number of sulfonamides is 1. The third-order valence-electron chi connectivity index (χ3n) is 2.88. The third-order valence-corrected chi connectivity index (χ3v) is 5.14. The highest BCUT2D eigenvalue weighted by atomic mass is 35.5. The standard InChI is InChI=1S/C9H14ClN3O2S/c10-5-8-1-3-13(4-2-8)16(14,15)9-6-11-7-12-9/h6-8H,1-5H2,(H,11,12). The molecule has 0 saturated carbocycles. The summed E-state index contributed by atoms with van der Waals surface area (Å²) in [5.41, 5.74) is 0. The third kappa shape index (κ3) is 2.23. The molecule has 2 heterocycles. The van der Waals surface area contributed by atoms with E-state index in [1.807, 2.05) is 0 Å². The Bertz CT molecular complexity index is 424. The molecule has 1 saturated heterocycles. The lowest BCUT2D eigenvalue weighted by Crippen LogP contribution is -2.38. The zero-order valence-electron chi connectivity index (χ0n) is 8.76. The zero-order chi connectivity index (χ0) is 11.6. The summed E-state index contributed by atoms with van der Waals surface area (Å²) >= 11 is 5.76. The van der Waals surface area contributed by atoms with Crippen molar-refractivity contribution in [2.24, 2.45) is 5.92 Å². The van der Waals surface area contributed by atoms with Crippen LogP contribution in [0.15, 0.2) is 17.6 Å². The van der Waals surface area contributed by atoms with Gasteiger partial charge < -0.3 is 4.98 Å². The second-order valence-corrected chi connectivity index (χ2v) is 6.13. The van der Waals surface area contributed by atoms with Crippen LogP contribution in [0.1, 0.15) is 12.8 Å². The Labute approximate surface area is 99.9 Å². The number of piperidine rings is 1. The van der Waals surface area contributed by atoms with Gasteiger partial charge in [-0.2, -0.15) is 4.31 Å². The highest BCUT2D eigenvalue weighted by Crippen LogP contribution is 2.23. The average molecular weight is 264 g/mol. The van der Waals surface area contributed by atoms with E-state index in [4.69, 9.17) is 11.6 Å². The van der Waals surface area contributed by atoms with Gasteiger partial charge in [-0.15, -0.1) is 11.6 Å². The zero-order valence-corrected chi connectivity index (χ0v) is 10.3. The summed E-state index contributed by atoms with van der Waals surface area (Å²) < 4.78 is 25.6. The number of H-pyrrole nitrogens is 1. The van der Waals surface area contributed by atoms with Crippen LogP contribution in [-0.2, 0) is 10.0 Å².